The second-order valence-corrected chi connectivity index (χ2v) is 6.58. The number of aromatic nitrogens is 2. The number of ether oxygens (including phenoxy) is 1. The van der Waals surface area contributed by atoms with Crippen LogP contribution in [0, 0.1) is 0 Å². The number of carbonyl (C=O) groups is 1. The fraction of sp³-hybridized carbons (Fsp3) is 0.250. The van der Waals surface area contributed by atoms with E-state index in [1.54, 1.807) is 36.3 Å². The van der Waals surface area contributed by atoms with Gasteiger partial charge >= 0.3 is 0 Å². The molecule has 0 fully saturated rings. The summed E-state index contributed by atoms with van der Waals surface area (Å²) in [5.74, 6) is 0.537. The lowest BCUT2D eigenvalue weighted by molar-refractivity contribution is -0.133. The second kappa shape index (κ2) is 6.75. The highest BCUT2D eigenvalue weighted by atomic mass is 16.5. The van der Waals surface area contributed by atoms with Crippen molar-refractivity contribution in [1.29, 1.82) is 0 Å². The Morgan fingerprint density at radius 3 is 2.67 bits per heavy atom. The Morgan fingerprint density at radius 1 is 1.11 bits per heavy atom. The monoisotopic (exact) mass is 365 g/mol. The number of amides is 1. The maximum Gasteiger partial charge on any atom is 0.273 e. The van der Waals surface area contributed by atoms with Crippen molar-refractivity contribution in [2.75, 3.05) is 13.7 Å². The lowest BCUT2D eigenvalue weighted by Gasteiger charge is -2.29. The van der Waals surface area contributed by atoms with Crippen LogP contribution in [0.1, 0.15) is 11.1 Å². The number of hydrogen-bond acceptors (Lipinski definition) is 4. The molecule has 1 N–H and O–H groups in total. The Labute approximate surface area is 154 Å². The maximum absolute atomic E-state index is 12.7. The van der Waals surface area contributed by atoms with Crippen LogP contribution in [0.3, 0.4) is 0 Å². The van der Waals surface area contributed by atoms with Crippen molar-refractivity contribution in [2.45, 2.75) is 19.5 Å². The van der Waals surface area contributed by atoms with Gasteiger partial charge in [0.05, 0.1) is 17.9 Å². The molecule has 1 aliphatic rings. The predicted octanol–water partition coefficient (Wildman–Crippen LogP) is 1.28. The first kappa shape index (κ1) is 17.1. The Kier molecular flexibility index (Phi) is 4.27. The average Bonchev–Trinajstić information content (AvgIpc) is 2.71. The molecule has 0 bridgehead atoms. The molecule has 0 saturated heterocycles. The van der Waals surface area contributed by atoms with Gasteiger partial charge in [-0.2, -0.15) is 0 Å². The topological polar surface area (TPSA) is 84.4 Å². The first-order valence-electron chi connectivity index (χ1n) is 8.72. The fourth-order valence-corrected chi connectivity index (χ4v) is 3.47. The second-order valence-electron chi connectivity index (χ2n) is 6.58. The number of fused-ring (bicyclic) bond motifs is 2. The van der Waals surface area contributed by atoms with Gasteiger partial charge in [0.15, 0.2) is 0 Å². The van der Waals surface area contributed by atoms with Gasteiger partial charge in [-0.15, -0.1) is 0 Å². The molecular formula is C20H19N3O4. The van der Waals surface area contributed by atoms with Gasteiger partial charge in [0.25, 0.3) is 11.1 Å². The molecule has 1 aliphatic heterocycles. The summed E-state index contributed by atoms with van der Waals surface area (Å²) < 4.78 is 6.34. The third-order valence-electron chi connectivity index (χ3n) is 4.96. The minimum Gasteiger partial charge on any atom is -0.497 e. The molecule has 138 valence electrons. The Hall–Kier alpha value is -3.35. The van der Waals surface area contributed by atoms with Gasteiger partial charge in [-0.1, -0.05) is 18.2 Å². The molecule has 3 aromatic rings. The van der Waals surface area contributed by atoms with E-state index in [0.717, 1.165) is 22.4 Å². The SMILES string of the molecule is COc1ccc2c(c1)CN(C(=O)Cn1[nH]c(=O)c3ccccc3c1=O)CC2. The molecule has 2 heterocycles. The normalized spacial score (nSPS) is 13.4. The first-order chi connectivity index (χ1) is 13.1. The molecule has 0 saturated carbocycles. The summed E-state index contributed by atoms with van der Waals surface area (Å²) in [7, 11) is 1.61. The van der Waals surface area contributed by atoms with Gasteiger partial charge in [0.2, 0.25) is 5.91 Å². The van der Waals surface area contributed by atoms with E-state index in [4.69, 9.17) is 4.74 Å². The zero-order valence-electron chi connectivity index (χ0n) is 14.9. The van der Waals surface area contributed by atoms with Gasteiger partial charge in [0, 0.05) is 13.1 Å². The molecule has 0 unspecified atom stereocenters. The van der Waals surface area contributed by atoms with Crippen LogP contribution in [0.4, 0.5) is 0 Å². The van der Waals surface area contributed by atoms with Crippen LogP contribution in [-0.2, 0) is 24.3 Å². The summed E-state index contributed by atoms with van der Waals surface area (Å²) in [5, 5.41) is 3.14. The lowest BCUT2D eigenvalue weighted by atomic mass is 9.99. The Bertz CT molecular complexity index is 1150. The number of rotatable bonds is 3. The molecule has 2 aromatic carbocycles. The number of H-pyrrole nitrogens is 1. The van der Waals surface area contributed by atoms with Crippen molar-refractivity contribution in [3.63, 3.8) is 0 Å². The van der Waals surface area contributed by atoms with Gasteiger partial charge in [-0.25, -0.2) is 4.68 Å². The van der Waals surface area contributed by atoms with Crippen LogP contribution in [0.5, 0.6) is 5.75 Å². The lowest BCUT2D eigenvalue weighted by Crippen LogP contribution is -2.41. The summed E-state index contributed by atoms with van der Waals surface area (Å²) in [5.41, 5.74) is 1.47. The van der Waals surface area contributed by atoms with E-state index in [1.807, 2.05) is 18.2 Å². The molecule has 7 nitrogen and oxygen atoms in total. The summed E-state index contributed by atoms with van der Waals surface area (Å²) >= 11 is 0. The fourth-order valence-electron chi connectivity index (χ4n) is 3.47. The van der Waals surface area contributed by atoms with Crippen molar-refractivity contribution < 1.29 is 9.53 Å². The highest BCUT2D eigenvalue weighted by Crippen LogP contribution is 2.23. The number of benzene rings is 2. The zero-order chi connectivity index (χ0) is 19.0. The van der Waals surface area contributed by atoms with Gasteiger partial charge in [0.1, 0.15) is 12.3 Å². The standard InChI is InChI=1S/C20H19N3O4/c1-27-15-7-6-13-8-9-22(11-14(13)10-15)18(24)12-23-20(26)17-5-3-2-4-16(17)19(25)21-23/h2-7,10H,8-9,11-12H2,1H3,(H,21,25). The van der Waals surface area contributed by atoms with Crippen LogP contribution in [0.2, 0.25) is 0 Å². The number of methoxy groups -OCH3 is 1. The minimum atomic E-state index is -0.383. The summed E-state index contributed by atoms with van der Waals surface area (Å²) in [6.45, 7) is 0.834. The van der Waals surface area contributed by atoms with Gasteiger partial charge < -0.3 is 9.64 Å². The predicted molar refractivity (Wildman–Crippen MR) is 101 cm³/mol. The largest absolute Gasteiger partial charge is 0.497 e. The van der Waals surface area contributed by atoms with Crippen LogP contribution < -0.4 is 15.9 Å². The van der Waals surface area contributed by atoms with Crippen molar-refractivity contribution in [2.24, 2.45) is 0 Å². The third-order valence-corrected chi connectivity index (χ3v) is 4.96. The van der Waals surface area contributed by atoms with Crippen LogP contribution in [0.25, 0.3) is 10.8 Å². The smallest absolute Gasteiger partial charge is 0.273 e. The quantitative estimate of drug-likeness (QED) is 0.758. The van der Waals surface area contributed by atoms with E-state index in [-0.39, 0.29) is 23.6 Å². The molecular weight excluding hydrogens is 346 g/mol. The summed E-state index contributed by atoms with van der Waals surface area (Å²) in [6, 6.07) is 12.4. The number of nitrogens with one attached hydrogen (secondary N) is 1. The number of carbonyl (C=O) groups excluding carboxylic acids is 1. The van der Waals surface area contributed by atoms with E-state index in [2.05, 4.69) is 5.10 Å². The molecule has 0 radical (unpaired) electrons. The van der Waals surface area contributed by atoms with E-state index in [9.17, 15) is 14.4 Å². The molecule has 0 atom stereocenters. The highest BCUT2D eigenvalue weighted by Gasteiger charge is 2.22. The van der Waals surface area contributed by atoms with E-state index in [0.29, 0.717) is 23.9 Å². The van der Waals surface area contributed by atoms with Crippen LogP contribution in [0.15, 0.2) is 52.1 Å². The molecule has 7 heteroatoms. The summed E-state index contributed by atoms with van der Waals surface area (Å²) in [4.78, 5) is 39.2. The van der Waals surface area contributed by atoms with Crippen LogP contribution >= 0.6 is 0 Å². The van der Waals surface area contributed by atoms with Crippen LogP contribution in [-0.4, -0.2) is 34.2 Å². The van der Waals surface area contributed by atoms with Crippen molar-refractivity contribution in [3.8, 4) is 5.75 Å². The summed E-state index contributed by atoms with van der Waals surface area (Å²) in [6.07, 6.45) is 0.744. The van der Waals surface area contributed by atoms with E-state index >= 15 is 0 Å². The zero-order valence-corrected chi connectivity index (χ0v) is 14.9. The van der Waals surface area contributed by atoms with Crippen molar-refractivity contribution >= 4 is 16.7 Å². The maximum atomic E-state index is 12.7. The minimum absolute atomic E-state index is 0.196. The Morgan fingerprint density at radius 2 is 1.89 bits per heavy atom. The molecule has 1 amide bonds. The average molecular weight is 365 g/mol. The van der Waals surface area contributed by atoms with E-state index in [1.165, 1.54) is 5.56 Å². The molecule has 0 spiro atoms. The molecule has 4 rings (SSSR count). The molecule has 27 heavy (non-hydrogen) atoms. The Balaban J connectivity index is 1.60. The highest BCUT2D eigenvalue weighted by molar-refractivity contribution is 5.81. The van der Waals surface area contributed by atoms with Gasteiger partial charge in [-0.05, 0) is 41.8 Å². The molecule has 1 aromatic heterocycles. The first-order valence-corrected chi connectivity index (χ1v) is 8.72. The number of hydrogen-bond donors (Lipinski definition) is 1. The van der Waals surface area contributed by atoms with Gasteiger partial charge in [-0.3, -0.25) is 19.5 Å². The number of aromatic amines is 1. The van der Waals surface area contributed by atoms with Crippen molar-refractivity contribution in [1.82, 2.24) is 14.7 Å². The molecule has 0 aliphatic carbocycles. The third kappa shape index (κ3) is 3.12. The van der Waals surface area contributed by atoms with Crippen molar-refractivity contribution in [3.05, 3.63) is 74.3 Å². The number of nitrogens with zero attached hydrogens (tertiary/aromatic N) is 2. The van der Waals surface area contributed by atoms with E-state index < -0.39 is 0 Å².